The van der Waals surface area contributed by atoms with Crippen LogP contribution in [0, 0.1) is 0 Å². The highest BCUT2D eigenvalue weighted by molar-refractivity contribution is 5.81. The van der Waals surface area contributed by atoms with Crippen LogP contribution in [0.4, 0.5) is 0 Å². The summed E-state index contributed by atoms with van der Waals surface area (Å²) in [6.07, 6.45) is 4.17. The van der Waals surface area contributed by atoms with Crippen LogP contribution in [0.5, 0.6) is 0 Å². The minimum absolute atomic E-state index is 0.0462. The molecule has 1 aliphatic rings. The van der Waals surface area contributed by atoms with E-state index in [4.69, 9.17) is 0 Å². The molecule has 0 aliphatic carbocycles. The molecule has 1 saturated heterocycles. The van der Waals surface area contributed by atoms with Crippen molar-refractivity contribution in [1.82, 2.24) is 10.2 Å². The van der Waals surface area contributed by atoms with Crippen molar-refractivity contribution in [2.45, 2.75) is 38.1 Å². The number of carbonyl (C=O) groups is 2. The SMILES string of the molecule is COC(=O)CCCN(C)C1CCCCNC1=O. The van der Waals surface area contributed by atoms with E-state index in [9.17, 15) is 9.59 Å². The summed E-state index contributed by atoms with van der Waals surface area (Å²) in [5.41, 5.74) is 0. The first-order valence-corrected chi connectivity index (χ1v) is 6.20. The summed E-state index contributed by atoms with van der Waals surface area (Å²) in [5, 5.41) is 2.91. The number of carbonyl (C=O) groups excluding carboxylic acids is 2. The zero-order valence-electron chi connectivity index (χ0n) is 10.7. The molecule has 0 saturated carbocycles. The molecule has 0 radical (unpaired) electrons. The third kappa shape index (κ3) is 4.73. The Kier molecular flexibility index (Phi) is 5.97. The number of esters is 1. The predicted molar refractivity (Wildman–Crippen MR) is 64.5 cm³/mol. The molecule has 1 amide bonds. The maximum absolute atomic E-state index is 11.8. The Balaban J connectivity index is 2.32. The summed E-state index contributed by atoms with van der Waals surface area (Å²) in [5.74, 6) is -0.0771. The van der Waals surface area contributed by atoms with E-state index >= 15 is 0 Å². The van der Waals surface area contributed by atoms with E-state index < -0.39 is 0 Å². The lowest BCUT2D eigenvalue weighted by Gasteiger charge is -2.25. The zero-order valence-corrected chi connectivity index (χ0v) is 10.7. The van der Waals surface area contributed by atoms with Gasteiger partial charge in [-0.1, -0.05) is 0 Å². The van der Waals surface area contributed by atoms with Gasteiger partial charge in [0.15, 0.2) is 0 Å². The largest absolute Gasteiger partial charge is 0.469 e. The molecule has 5 heteroatoms. The number of methoxy groups -OCH3 is 1. The first-order chi connectivity index (χ1) is 8.15. The summed E-state index contributed by atoms with van der Waals surface area (Å²) in [4.78, 5) is 24.8. The second kappa shape index (κ2) is 7.27. The quantitative estimate of drug-likeness (QED) is 0.715. The summed E-state index contributed by atoms with van der Waals surface area (Å²) < 4.78 is 4.58. The van der Waals surface area contributed by atoms with Gasteiger partial charge >= 0.3 is 5.97 Å². The van der Waals surface area contributed by atoms with Gasteiger partial charge in [0.05, 0.1) is 13.2 Å². The van der Waals surface area contributed by atoms with Crippen molar-refractivity contribution in [2.24, 2.45) is 0 Å². The van der Waals surface area contributed by atoms with Crippen LogP contribution < -0.4 is 5.32 Å². The van der Waals surface area contributed by atoms with Gasteiger partial charge in [-0.3, -0.25) is 14.5 Å². The molecule has 0 spiro atoms. The average molecular weight is 242 g/mol. The third-order valence-electron chi connectivity index (χ3n) is 3.16. The highest BCUT2D eigenvalue weighted by atomic mass is 16.5. The minimum atomic E-state index is -0.191. The lowest BCUT2D eigenvalue weighted by molar-refractivity contribution is -0.140. The first kappa shape index (κ1) is 14.0. The molecule has 5 nitrogen and oxygen atoms in total. The van der Waals surface area contributed by atoms with Gasteiger partial charge in [-0.25, -0.2) is 0 Å². The Bertz CT molecular complexity index is 268. The van der Waals surface area contributed by atoms with Gasteiger partial charge in [0, 0.05) is 13.0 Å². The second-order valence-corrected chi connectivity index (χ2v) is 4.46. The maximum Gasteiger partial charge on any atom is 0.305 e. The van der Waals surface area contributed by atoms with E-state index in [0.717, 1.165) is 38.8 Å². The number of rotatable bonds is 5. The Morgan fingerprint density at radius 2 is 2.29 bits per heavy atom. The molecular formula is C12H22N2O3. The van der Waals surface area contributed by atoms with Gasteiger partial charge < -0.3 is 10.1 Å². The van der Waals surface area contributed by atoms with Crippen LogP contribution in [0.1, 0.15) is 32.1 Å². The van der Waals surface area contributed by atoms with Crippen molar-refractivity contribution in [3.8, 4) is 0 Å². The fraction of sp³-hybridized carbons (Fsp3) is 0.833. The van der Waals surface area contributed by atoms with Crippen molar-refractivity contribution in [1.29, 1.82) is 0 Å². The van der Waals surface area contributed by atoms with Crippen LogP contribution in [0.15, 0.2) is 0 Å². The molecule has 1 N–H and O–H groups in total. The number of amides is 1. The summed E-state index contributed by atoms with van der Waals surface area (Å²) in [6, 6.07) is -0.0462. The van der Waals surface area contributed by atoms with Crippen LogP contribution in [0.2, 0.25) is 0 Å². The number of nitrogens with one attached hydrogen (secondary N) is 1. The van der Waals surface area contributed by atoms with Crippen molar-refractivity contribution < 1.29 is 14.3 Å². The van der Waals surface area contributed by atoms with Gasteiger partial charge in [-0.05, 0) is 39.3 Å². The average Bonchev–Trinajstić information content (AvgIpc) is 2.53. The van der Waals surface area contributed by atoms with Crippen LogP contribution in [-0.2, 0) is 14.3 Å². The number of hydrogen-bond donors (Lipinski definition) is 1. The molecule has 1 heterocycles. The summed E-state index contributed by atoms with van der Waals surface area (Å²) >= 11 is 0. The highest BCUT2D eigenvalue weighted by Crippen LogP contribution is 2.11. The number of hydrogen-bond acceptors (Lipinski definition) is 4. The Labute approximate surface area is 102 Å². The van der Waals surface area contributed by atoms with E-state index in [1.165, 1.54) is 7.11 Å². The van der Waals surface area contributed by atoms with Crippen molar-refractivity contribution >= 4 is 11.9 Å². The maximum atomic E-state index is 11.8. The molecule has 0 aromatic rings. The van der Waals surface area contributed by atoms with E-state index in [1.807, 2.05) is 11.9 Å². The lowest BCUT2D eigenvalue weighted by atomic mass is 10.1. The molecule has 0 bridgehead atoms. The summed E-state index contributed by atoms with van der Waals surface area (Å²) in [7, 11) is 3.33. The van der Waals surface area contributed by atoms with Gasteiger partial charge in [0.25, 0.3) is 0 Å². The van der Waals surface area contributed by atoms with Crippen molar-refractivity contribution in [2.75, 3.05) is 27.2 Å². The van der Waals surface area contributed by atoms with Crippen LogP contribution >= 0.6 is 0 Å². The predicted octanol–water partition coefficient (Wildman–Crippen LogP) is 0.540. The Morgan fingerprint density at radius 3 is 3.00 bits per heavy atom. The number of likely N-dealkylation sites (N-methyl/N-ethyl adjacent to an activating group) is 1. The number of ether oxygens (including phenoxy) is 1. The van der Waals surface area contributed by atoms with E-state index in [-0.39, 0.29) is 17.9 Å². The molecule has 1 aliphatic heterocycles. The monoisotopic (exact) mass is 242 g/mol. The Morgan fingerprint density at radius 1 is 1.53 bits per heavy atom. The standard InChI is InChI=1S/C12H22N2O3/c1-14(9-5-7-11(15)17-2)10-6-3-4-8-13-12(10)16/h10H,3-9H2,1-2H3,(H,13,16). The Hall–Kier alpha value is -1.10. The first-order valence-electron chi connectivity index (χ1n) is 6.20. The molecule has 0 aromatic heterocycles. The molecule has 17 heavy (non-hydrogen) atoms. The normalized spacial score (nSPS) is 20.9. The molecule has 98 valence electrons. The molecular weight excluding hydrogens is 220 g/mol. The van der Waals surface area contributed by atoms with Gasteiger partial charge in [0.2, 0.25) is 5.91 Å². The van der Waals surface area contributed by atoms with Crippen LogP contribution in [0.25, 0.3) is 0 Å². The molecule has 0 aromatic carbocycles. The minimum Gasteiger partial charge on any atom is -0.469 e. The van der Waals surface area contributed by atoms with Gasteiger partial charge in [-0.15, -0.1) is 0 Å². The molecule has 1 unspecified atom stereocenters. The fourth-order valence-electron chi connectivity index (χ4n) is 2.07. The van der Waals surface area contributed by atoms with E-state index in [0.29, 0.717) is 6.42 Å². The third-order valence-corrected chi connectivity index (χ3v) is 3.16. The molecule has 1 atom stereocenters. The number of nitrogens with zero attached hydrogens (tertiary/aromatic N) is 1. The van der Waals surface area contributed by atoms with Crippen LogP contribution in [-0.4, -0.2) is 50.1 Å². The molecule has 1 rings (SSSR count). The van der Waals surface area contributed by atoms with Crippen molar-refractivity contribution in [3.63, 3.8) is 0 Å². The smallest absolute Gasteiger partial charge is 0.305 e. The second-order valence-electron chi connectivity index (χ2n) is 4.46. The highest BCUT2D eigenvalue weighted by Gasteiger charge is 2.24. The van der Waals surface area contributed by atoms with Gasteiger partial charge in [0.1, 0.15) is 0 Å². The topological polar surface area (TPSA) is 58.6 Å². The summed E-state index contributed by atoms with van der Waals surface area (Å²) in [6.45, 7) is 1.53. The molecule has 1 fully saturated rings. The van der Waals surface area contributed by atoms with Crippen LogP contribution in [0.3, 0.4) is 0 Å². The van der Waals surface area contributed by atoms with Gasteiger partial charge in [-0.2, -0.15) is 0 Å². The van der Waals surface area contributed by atoms with Crippen molar-refractivity contribution in [3.05, 3.63) is 0 Å². The fourth-order valence-corrected chi connectivity index (χ4v) is 2.07. The van der Waals surface area contributed by atoms with E-state index in [2.05, 4.69) is 10.1 Å². The lowest BCUT2D eigenvalue weighted by Crippen LogP contribution is -2.44. The van der Waals surface area contributed by atoms with E-state index in [1.54, 1.807) is 0 Å². The zero-order chi connectivity index (χ0) is 12.7.